The topological polar surface area (TPSA) is 89.3 Å². The van der Waals surface area contributed by atoms with Crippen LogP contribution in [0.3, 0.4) is 0 Å². The SMILES string of the molecule is Cc1cc(C)cc(OCC(=O)Nc2cc(Br)c3nc(NN)sc3c2)c1. The van der Waals surface area contributed by atoms with E-state index in [0.717, 1.165) is 25.8 Å². The average Bonchev–Trinajstić information content (AvgIpc) is 2.96. The molecule has 1 aromatic heterocycles. The zero-order valence-corrected chi connectivity index (χ0v) is 16.1. The fourth-order valence-electron chi connectivity index (χ4n) is 2.48. The molecule has 1 heterocycles. The molecule has 2 aromatic carbocycles. The molecule has 0 bridgehead atoms. The van der Waals surface area contributed by atoms with Gasteiger partial charge in [0.2, 0.25) is 0 Å². The van der Waals surface area contributed by atoms with Crippen molar-refractivity contribution in [2.75, 3.05) is 17.3 Å². The normalized spacial score (nSPS) is 10.7. The second-order valence-corrected chi connectivity index (χ2v) is 7.51. The number of rotatable bonds is 5. The zero-order chi connectivity index (χ0) is 18.0. The Labute approximate surface area is 157 Å². The fraction of sp³-hybridized carbons (Fsp3) is 0.176. The van der Waals surface area contributed by atoms with E-state index >= 15 is 0 Å². The molecule has 0 unspecified atom stereocenters. The number of carbonyl (C=O) groups excluding carboxylic acids is 1. The molecule has 0 radical (unpaired) electrons. The molecule has 130 valence electrons. The van der Waals surface area contributed by atoms with Gasteiger partial charge in [0.25, 0.3) is 5.91 Å². The van der Waals surface area contributed by atoms with Gasteiger partial charge in [0.1, 0.15) is 5.75 Å². The Balaban J connectivity index is 1.69. The first-order valence-corrected chi connectivity index (χ1v) is 9.13. The summed E-state index contributed by atoms with van der Waals surface area (Å²) in [7, 11) is 0. The number of aromatic nitrogens is 1. The number of fused-ring (bicyclic) bond motifs is 1. The summed E-state index contributed by atoms with van der Waals surface area (Å²) in [5.74, 6) is 5.85. The lowest BCUT2D eigenvalue weighted by atomic mass is 10.1. The largest absolute Gasteiger partial charge is 0.484 e. The molecule has 0 saturated heterocycles. The van der Waals surface area contributed by atoms with Gasteiger partial charge in [0.15, 0.2) is 11.7 Å². The van der Waals surface area contributed by atoms with E-state index in [9.17, 15) is 4.79 Å². The predicted molar refractivity (Wildman–Crippen MR) is 105 cm³/mol. The summed E-state index contributed by atoms with van der Waals surface area (Å²) in [6.45, 7) is 3.93. The average molecular weight is 421 g/mol. The third kappa shape index (κ3) is 4.28. The number of thiazole rings is 1. The maximum atomic E-state index is 12.2. The number of hydrazine groups is 1. The minimum atomic E-state index is -0.230. The highest BCUT2D eigenvalue weighted by molar-refractivity contribution is 9.10. The summed E-state index contributed by atoms with van der Waals surface area (Å²) in [6.07, 6.45) is 0. The maximum Gasteiger partial charge on any atom is 0.262 e. The van der Waals surface area contributed by atoms with Crippen LogP contribution in [0.1, 0.15) is 11.1 Å². The van der Waals surface area contributed by atoms with Crippen molar-refractivity contribution in [1.29, 1.82) is 0 Å². The van der Waals surface area contributed by atoms with Crippen LogP contribution in [-0.4, -0.2) is 17.5 Å². The predicted octanol–water partition coefficient (Wildman–Crippen LogP) is 3.98. The summed E-state index contributed by atoms with van der Waals surface area (Å²) in [6, 6.07) is 9.52. The summed E-state index contributed by atoms with van der Waals surface area (Å²) < 4.78 is 7.28. The molecular weight excluding hydrogens is 404 g/mol. The molecule has 1 amide bonds. The monoisotopic (exact) mass is 420 g/mol. The van der Waals surface area contributed by atoms with Gasteiger partial charge in [-0.2, -0.15) is 0 Å². The van der Waals surface area contributed by atoms with Crippen LogP contribution in [0.25, 0.3) is 10.2 Å². The van der Waals surface area contributed by atoms with Crippen LogP contribution in [0, 0.1) is 13.8 Å². The Bertz CT molecular complexity index is 922. The van der Waals surface area contributed by atoms with E-state index in [4.69, 9.17) is 10.6 Å². The van der Waals surface area contributed by atoms with Crippen LogP contribution in [0.2, 0.25) is 0 Å². The number of nitrogen functional groups attached to an aromatic ring is 1. The standard InChI is InChI=1S/C17H17BrN4O2S/c1-9-3-10(2)5-12(4-9)24-8-15(23)20-11-6-13(18)16-14(7-11)25-17(21-16)22-19/h3-7H,8,19H2,1-2H3,(H,20,23)(H,21,22). The van der Waals surface area contributed by atoms with E-state index in [1.54, 1.807) is 6.07 Å². The number of nitrogens with two attached hydrogens (primary N) is 1. The molecular formula is C17H17BrN4O2S. The van der Waals surface area contributed by atoms with Crippen molar-refractivity contribution in [1.82, 2.24) is 4.98 Å². The van der Waals surface area contributed by atoms with E-state index in [0.29, 0.717) is 16.6 Å². The zero-order valence-electron chi connectivity index (χ0n) is 13.7. The van der Waals surface area contributed by atoms with Gasteiger partial charge in [-0.1, -0.05) is 17.4 Å². The molecule has 0 spiro atoms. The third-order valence-electron chi connectivity index (χ3n) is 3.42. The summed E-state index contributed by atoms with van der Waals surface area (Å²) >= 11 is 4.87. The van der Waals surface area contributed by atoms with Gasteiger partial charge in [0, 0.05) is 10.2 Å². The van der Waals surface area contributed by atoms with Crippen LogP contribution < -0.4 is 21.3 Å². The molecule has 0 aliphatic rings. The first kappa shape index (κ1) is 17.7. The molecule has 0 atom stereocenters. The van der Waals surface area contributed by atoms with Crippen molar-refractivity contribution in [2.24, 2.45) is 5.84 Å². The highest BCUT2D eigenvalue weighted by atomic mass is 79.9. The number of ether oxygens (including phenoxy) is 1. The third-order valence-corrected chi connectivity index (χ3v) is 4.96. The highest BCUT2D eigenvalue weighted by Gasteiger charge is 2.11. The van der Waals surface area contributed by atoms with Gasteiger partial charge in [-0.05, 0) is 65.2 Å². The quantitative estimate of drug-likeness (QED) is 0.429. The molecule has 3 rings (SSSR count). The fourth-order valence-corrected chi connectivity index (χ4v) is 4.01. The minimum Gasteiger partial charge on any atom is -0.484 e. The summed E-state index contributed by atoms with van der Waals surface area (Å²) in [5.41, 5.74) is 6.18. The first-order valence-electron chi connectivity index (χ1n) is 7.52. The Hall–Kier alpha value is -2.16. The van der Waals surface area contributed by atoms with Crippen LogP contribution in [-0.2, 0) is 4.79 Å². The van der Waals surface area contributed by atoms with Crippen molar-refractivity contribution in [2.45, 2.75) is 13.8 Å². The summed E-state index contributed by atoms with van der Waals surface area (Å²) in [4.78, 5) is 16.5. The van der Waals surface area contributed by atoms with Gasteiger partial charge in [-0.15, -0.1) is 0 Å². The molecule has 8 heteroatoms. The van der Waals surface area contributed by atoms with E-state index in [-0.39, 0.29) is 12.5 Å². The number of benzene rings is 2. The molecule has 0 aliphatic carbocycles. The summed E-state index contributed by atoms with van der Waals surface area (Å²) in [5, 5.41) is 3.44. The molecule has 0 aliphatic heterocycles. The van der Waals surface area contributed by atoms with Crippen molar-refractivity contribution in [3.8, 4) is 5.75 Å². The van der Waals surface area contributed by atoms with Gasteiger partial charge in [0.05, 0.1) is 10.2 Å². The molecule has 6 nitrogen and oxygen atoms in total. The first-order chi connectivity index (χ1) is 11.9. The lowest BCUT2D eigenvalue weighted by Crippen LogP contribution is -2.20. The van der Waals surface area contributed by atoms with E-state index in [2.05, 4.69) is 37.7 Å². The number of nitrogens with zero attached hydrogens (tertiary/aromatic N) is 1. The lowest BCUT2D eigenvalue weighted by molar-refractivity contribution is -0.118. The van der Waals surface area contributed by atoms with Crippen LogP contribution in [0.5, 0.6) is 5.75 Å². The number of anilines is 2. The van der Waals surface area contributed by atoms with Crippen molar-refractivity contribution in [3.63, 3.8) is 0 Å². The molecule has 3 aromatic rings. The Morgan fingerprint density at radius 1 is 1.24 bits per heavy atom. The van der Waals surface area contributed by atoms with E-state index in [1.807, 2.05) is 32.0 Å². The minimum absolute atomic E-state index is 0.0587. The van der Waals surface area contributed by atoms with Crippen molar-refractivity contribution in [3.05, 3.63) is 45.9 Å². The number of hydrogen-bond acceptors (Lipinski definition) is 6. The number of hydrogen-bond donors (Lipinski definition) is 3. The Kier molecular flexibility index (Phi) is 5.22. The van der Waals surface area contributed by atoms with Gasteiger partial charge < -0.3 is 10.1 Å². The van der Waals surface area contributed by atoms with Crippen molar-refractivity contribution >= 4 is 54.2 Å². The molecule has 4 N–H and O–H groups in total. The number of nitrogens with one attached hydrogen (secondary N) is 2. The Morgan fingerprint density at radius 3 is 2.64 bits per heavy atom. The Morgan fingerprint density at radius 2 is 1.96 bits per heavy atom. The van der Waals surface area contributed by atoms with E-state index in [1.165, 1.54) is 11.3 Å². The van der Waals surface area contributed by atoms with Gasteiger partial charge in [-0.25, -0.2) is 10.8 Å². The number of aryl methyl sites for hydroxylation is 2. The molecule has 25 heavy (non-hydrogen) atoms. The molecule has 0 fully saturated rings. The van der Waals surface area contributed by atoms with Gasteiger partial charge in [-0.3, -0.25) is 10.2 Å². The van der Waals surface area contributed by atoms with Crippen LogP contribution >= 0.6 is 27.3 Å². The maximum absolute atomic E-state index is 12.2. The van der Waals surface area contributed by atoms with Crippen LogP contribution in [0.4, 0.5) is 10.8 Å². The van der Waals surface area contributed by atoms with Gasteiger partial charge >= 0.3 is 0 Å². The second kappa shape index (κ2) is 7.38. The molecule has 0 saturated carbocycles. The number of halogens is 1. The number of amides is 1. The van der Waals surface area contributed by atoms with Crippen LogP contribution in [0.15, 0.2) is 34.8 Å². The lowest BCUT2D eigenvalue weighted by Gasteiger charge is -2.09. The highest BCUT2D eigenvalue weighted by Crippen LogP contribution is 2.33. The number of carbonyl (C=O) groups is 1. The second-order valence-electron chi connectivity index (χ2n) is 5.63. The van der Waals surface area contributed by atoms with Crippen molar-refractivity contribution < 1.29 is 9.53 Å². The van der Waals surface area contributed by atoms with E-state index < -0.39 is 0 Å². The smallest absolute Gasteiger partial charge is 0.262 e.